The van der Waals surface area contributed by atoms with E-state index in [-0.39, 0.29) is 11.8 Å². The molecule has 58 heavy (non-hydrogen) atoms. The molecular formula is C51H109N5O2. The van der Waals surface area contributed by atoms with Crippen LogP contribution in [-0.2, 0) is 9.59 Å². The van der Waals surface area contributed by atoms with Gasteiger partial charge in [0.25, 0.3) is 0 Å². The molecule has 0 saturated heterocycles. The van der Waals surface area contributed by atoms with Gasteiger partial charge in [0.1, 0.15) is 0 Å². The standard InChI is InChI=1S/C23H48N2O.C22H46N2O.C6H15N/c1-4-6-7-8-9-10-11-12-13-14-15-16-17-18-19-20-23(26)24-22-25(3)21-5-2;1-4-6-7-8-9-10-11-12-13-14-15-16-17-18-19-20-22(25)23-21-24(3)5-2;1-4-7(5-2)6-3/h4-22H2,1-3H3,(H,24,26);4-21H2,1-3H3,(H,23,25);4-6H2,1-3H3. The van der Waals surface area contributed by atoms with E-state index in [0.717, 1.165) is 32.4 Å². The lowest BCUT2D eigenvalue weighted by Gasteiger charge is -2.16. The van der Waals surface area contributed by atoms with Crippen LogP contribution in [0.4, 0.5) is 0 Å². The average molecular weight is 824 g/mol. The van der Waals surface area contributed by atoms with Gasteiger partial charge in [0, 0.05) is 12.8 Å². The number of amides is 2. The van der Waals surface area contributed by atoms with Crippen LogP contribution in [0.1, 0.15) is 260 Å². The van der Waals surface area contributed by atoms with Crippen molar-refractivity contribution in [2.45, 2.75) is 260 Å². The SMILES string of the molecule is CCCCCCCCCCCCCCCCCC(=O)NCN(C)CC.CCCCCCCCCCCCCCCCCC(=O)NCN(C)CCC.CCN(CC)CC. The second-order valence-corrected chi connectivity index (χ2v) is 17.3. The predicted octanol–water partition coefficient (Wildman–Crippen LogP) is 14.3. The van der Waals surface area contributed by atoms with E-state index in [1.165, 1.54) is 199 Å². The summed E-state index contributed by atoms with van der Waals surface area (Å²) >= 11 is 0. The van der Waals surface area contributed by atoms with Crippen molar-refractivity contribution in [3.05, 3.63) is 0 Å². The molecule has 0 aromatic carbocycles. The average Bonchev–Trinajstić information content (AvgIpc) is 3.23. The molecule has 0 atom stereocenters. The molecule has 350 valence electrons. The highest BCUT2D eigenvalue weighted by atomic mass is 16.2. The Kier molecular flexibility index (Phi) is 56.7. The van der Waals surface area contributed by atoms with Crippen LogP contribution in [0.3, 0.4) is 0 Å². The number of nitrogens with zero attached hydrogens (tertiary/aromatic N) is 3. The molecular weight excluding hydrogens is 715 g/mol. The molecule has 7 heteroatoms. The smallest absolute Gasteiger partial charge is 0.220 e. The Hall–Kier alpha value is -1.18. The molecule has 0 radical (unpaired) electrons. The number of carbonyl (C=O) groups excluding carboxylic acids is 2. The first kappa shape index (κ1) is 61.1. The summed E-state index contributed by atoms with van der Waals surface area (Å²) in [5.41, 5.74) is 0. The Morgan fingerprint density at radius 2 is 0.586 bits per heavy atom. The summed E-state index contributed by atoms with van der Waals surface area (Å²) in [5.74, 6) is 0.414. The fourth-order valence-corrected chi connectivity index (χ4v) is 7.18. The van der Waals surface area contributed by atoms with Crippen molar-refractivity contribution in [2.75, 3.05) is 60.2 Å². The number of rotatable bonds is 42. The molecule has 0 aliphatic carbocycles. The van der Waals surface area contributed by atoms with Crippen LogP contribution in [0.25, 0.3) is 0 Å². The molecule has 0 fully saturated rings. The monoisotopic (exact) mass is 824 g/mol. The van der Waals surface area contributed by atoms with E-state index in [0.29, 0.717) is 26.2 Å². The van der Waals surface area contributed by atoms with Gasteiger partial charge < -0.3 is 15.5 Å². The molecule has 0 aliphatic rings. The van der Waals surface area contributed by atoms with Crippen molar-refractivity contribution in [3.8, 4) is 0 Å². The minimum atomic E-state index is 0.204. The lowest BCUT2D eigenvalue weighted by Crippen LogP contribution is -2.35. The summed E-state index contributed by atoms with van der Waals surface area (Å²) in [6, 6.07) is 0. The van der Waals surface area contributed by atoms with E-state index in [1.807, 2.05) is 7.05 Å². The zero-order chi connectivity index (χ0) is 43.6. The zero-order valence-electron chi connectivity index (χ0n) is 41.4. The molecule has 2 amide bonds. The first-order valence-corrected chi connectivity index (χ1v) is 25.9. The highest BCUT2D eigenvalue weighted by Crippen LogP contribution is 2.15. The largest absolute Gasteiger partial charge is 0.343 e. The lowest BCUT2D eigenvalue weighted by molar-refractivity contribution is -0.122. The van der Waals surface area contributed by atoms with E-state index < -0.39 is 0 Å². The summed E-state index contributed by atoms with van der Waals surface area (Å²) in [6.45, 7) is 22.3. The number of nitrogens with one attached hydrogen (secondary N) is 2. The third-order valence-electron chi connectivity index (χ3n) is 11.6. The third kappa shape index (κ3) is 54.8. The van der Waals surface area contributed by atoms with Crippen molar-refractivity contribution in [2.24, 2.45) is 0 Å². The summed E-state index contributed by atoms with van der Waals surface area (Å²) in [6.07, 6.45) is 43.5. The molecule has 0 unspecified atom stereocenters. The van der Waals surface area contributed by atoms with Crippen LogP contribution >= 0.6 is 0 Å². The quantitative estimate of drug-likeness (QED) is 0.0474. The van der Waals surface area contributed by atoms with Crippen molar-refractivity contribution in [1.82, 2.24) is 25.3 Å². The van der Waals surface area contributed by atoms with Gasteiger partial charge in [0.2, 0.25) is 11.8 Å². The summed E-state index contributed by atoms with van der Waals surface area (Å²) in [4.78, 5) is 30.0. The Balaban J connectivity index is -0.000000894. The molecule has 0 rings (SSSR count). The van der Waals surface area contributed by atoms with Gasteiger partial charge >= 0.3 is 0 Å². The normalized spacial score (nSPS) is 11.1. The van der Waals surface area contributed by atoms with Gasteiger partial charge in [-0.2, -0.15) is 0 Å². The molecule has 0 aromatic rings. The summed E-state index contributed by atoms with van der Waals surface area (Å²) in [5, 5.41) is 5.97. The van der Waals surface area contributed by atoms with Crippen LogP contribution in [-0.4, -0.2) is 86.7 Å². The minimum absolute atomic E-state index is 0.204. The van der Waals surface area contributed by atoms with E-state index in [9.17, 15) is 9.59 Å². The fourth-order valence-electron chi connectivity index (χ4n) is 7.18. The van der Waals surface area contributed by atoms with Gasteiger partial charge in [-0.1, -0.05) is 228 Å². The molecule has 0 heterocycles. The van der Waals surface area contributed by atoms with Crippen molar-refractivity contribution >= 4 is 11.8 Å². The van der Waals surface area contributed by atoms with Crippen LogP contribution in [0.5, 0.6) is 0 Å². The second-order valence-electron chi connectivity index (χ2n) is 17.3. The zero-order valence-corrected chi connectivity index (χ0v) is 41.4. The molecule has 0 saturated carbocycles. The first-order chi connectivity index (χ1) is 28.2. The van der Waals surface area contributed by atoms with Gasteiger partial charge in [-0.3, -0.25) is 19.4 Å². The first-order valence-electron chi connectivity index (χ1n) is 25.9. The van der Waals surface area contributed by atoms with Gasteiger partial charge in [0.15, 0.2) is 0 Å². The van der Waals surface area contributed by atoms with Gasteiger partial charge in [-0.15, -0.1) is 0 Å². The predicted molar refractivity (Wildman–Crippen MR) is 260 cm³/mol. The van der Waals surface area contributed by atoms with Crippen LogP contribution < -0.4 is 10.6 Å². The molecule has 0 aromatic heterocycles. The van der Waals surface area contributed by atoms with E-state index in [1.54, 1.807) is 0 Å². The number of carbonyl (C=O) groups is 2. The van der Waals surface area contributed by atoms with Crippen LogP contribution in [0.2, 0.25) is 0 Å². The molecule has 0 bridgehead atoms. The highest BCUT2D eigenvalue weighted by molar-refractivity contribution is 5.76. The van der Waals surface area contributed by atoms with E-state index >= 15 is 0 Å². The van der Waals surface area contributed by atoms with E-state index in [4.69, 9.17) is 0 Å². The van der Waals surface area contributed by atoms with Crippen molar-refractivity contribution < 1.29 is 9.59 Å². The Labute approximate surface area is 366 Å². The third-order valence-corrected chi connectivity index (χ3v) is 11.6. The van der Waals surface area contributed by atoms with Crippen molar-refractivity contribution in [3.63, 3.8) is 0 Å². The molecule has 0 aliphatic heterocycles. The number of hydrogen-bond acceptors (Lipinski definition) is 5. The Morgan fingerprint density at radius 3 is 0.810 bits per heavy atom. The Bertz CT molecular complexity index is 772. The van der Waals surface area contributed by atoms with E-state index in [2.05, 4.69) is 80.8 Å². The van der Waals surface area contributed by atoms with Gasteiger partial charge in [-0.05, 0) is 66.1 Å². The molecule has 7 nitrogen and oxygen atoms in total. The second kappa shape index (κ2) is 53.8. The number of unbranched alkanes of at least 4 members (excludes halogenated alkanes) is 28. The highest BCUT2D eigenvalue weighted by Gasteiger charge is 2.04. The minimum Gasteiger partial charge on any atom is -0.343 e. The summed E-state index contributed by atoms with van der Waals surface area (Å²) < 4.78 is 0. The Morgan fingerprint density at radius 1 is 0.328 bits per heavy atom. The van der Waals surface area contributed by atoms with Crippen molar-refractivity contribution in [1.29, 1.82) is 0 Å². The maximum atomic E-state index is 11.7. The lowest BCUT2D eigenvalue weighted by atomic mass is 10.0. The molecule has 2 N–H and O–H groups in total. The topological polar surface area (TPSA) is 67.9 Å². The van der Waals surface area contributed by atoms with Gasteiger partial charge in [0.05, 0.1) is 13.3 Å². The maximum absolute atomic E-state index is 11.7. The molecule has 0 spiro atoms. The summed E-state index contributed by atoms with van der Waals surface area (Å²) in [7, 11) is 4.07. The number of hydrogen-bond donors (Lipinski definition) is 2. The van der Waals surface area contributed by atoms with Crippen LogP contribution in [0.15, 0.2) is 0 Å². The fraction of sp³-hybridized carbons (Fsp3) is 0.961. The maximum Gasteiger partial charge on any atom is 0.220 e. The van der Waals surface area contributed by atoms with Crippen LogP contribution in [0, 0.1) is 0 Å². The van der Waals surface area contributed by atoms with Gasteiger partial charge in [-0.25, -0.2) is 0 Å².